The molecular formula is C10H18O7S2. The molecule has 9 heteroatoms. The van der Waals surface area contributed by atoms with Crippen molar-refractivity contribution in [3.05, 3.63) is 25.3 Å². The molecule has 0 radical (unpaired) electrons. The molecule has 7 nitrogen and oxygen atoms in total. The summed E-state index contributed by atoms with van der Waals surface area (Å²) in [4.78, 5) is 0. The normalized spacial score (nSPS) is 12.2. The van der Waals surface area contributed by atoms with Gasteiger partial charge in [-0.3, -0.25) is 8.37 Å². The Morgan fingerprint density at radius 3 is 1.42 bits per heavy atom. The Morgan fingerprint density at radius 2 is 1.11 bits per heavy atom. The first-order valence-corrected chi connectivity index (χ1v) is 8.52. The van der Waals surface area contributed by atoms with Crippen molar-refractivity contribution < 1.29 is 29.9 Å². The van der Waals surface area contributed by atoms with Crippen LogP contribution in [0.3, 0.4) is 0 Å². The molecule has 0 aromatic heterocycles. The van der Waals surface area contributed by atoms with E-state index in [-0.39, 0.29) is 37.9 Å². The molecule has 0 atom stereocenters. The molecule has 112 valence electrons. The Kier molecular flexibility index (Phi) is 8.85. The van der Waals surface area contributed by atoms with Crippen molar-refractivity contribution in [3.63, 3.8) is 0 Å². The van der Waals surface area contributed by atoms with E-state index in [4.69, 9.17) is 4.74 Å². The van der Waals surface area contributed by atoms with E-state index in [9.17, 15) is 16.8 Å². The number of ether oxygens (including phenoxy) is 1. The number of hydrogen-bond donors (Lipinski definition) is 0. The molecule has 0 heterocycles. The lowest BCUT2D eigenvalue weighted by Gasteiger charge is -2.06. The third kappa shape index (κ3) is 10.8. The van der Waals surface area contributed by atoms with Crippen LogP contribution in [-0.4, -0.2) is 54.8 Å². The van der Waals surface area contributed by atoms with E-state index >= 15 is 0 Å². The quantitative estimate of drug-likeness (QED) is 0.286. The Bertz CT molecular complexity index is 420. The van der Waals surface area contributed by atoms with Crippen LogP contribution in [0, 0.1) is 0 Å². The Morgan fingerprint density at radius 1 is 0.737 bits per heavy atom. The molecule has 19 heavy (non-hydrogen) atoms. The average Bonchev–Trinajstić information content (AvgIpc) is 2.27. The summed E-state index contributed by atoms with van der Waals surface area (Å²) in [5.41, 5.74) is 0. The van der Waals surface area contributed by atoms with Gasteiger partial charge in [-0.15, -0.1) is 13.2 Å². The molecule has 0 aromatic carbocycles. The highest BCUT2D eigenvalue weighted by Gasteiger charge is 2.09. The molecule has 0 aromatic rings. The van der Waals surface area contributed by atoms with Crippen LogP contribution in [0.25, 0.3) is 0 Å². The highest BCUT2D eigenvalue weighted by atomic mass is 32.2. The van der Waals surface area contributed by atoms with Crippen molar-refractivity contribution in [1.82, 2.24) is 0 Å². The van der Waals surface area contributed by atoms with Gasteiger partial charge in [0, 0.05) is 0 Å². The molecule has 0 rings (SSSR count). The molecule has 0 unspecified atom stereocenters. The maximum Gasteiger partial charge on any atom is 0.270 e. The Labute approximate surface area is 114 Å². The van der Waals surface area contributed by atoms with Gasteiger partial charge in [0.05, 0.1) is 37.9 Å². The zero-order valence-corrected chi connectivity index (χ0v) is 12.1. The van der Waals surface area contributed by atoms with Crippen molar-refractivity contribution in [2.75, 3.05) is 37.9 Å². The summed E-state index contributed by atoms with van der Waals surface area (Å²) in [6.07, 6.45) is 2.43. The van der Waals surface area contributed by atoms with E-state index in [2.05, 4.69) is 21.5 Å². The lowest BCUT2D eigenvalue weighted by atomic mass is 10.7. The van der Waals surface area contributed by atoms with Crippen molar-refractivity contribution in [3.8, 4) is 0 Å². The highest BCUT2D eigenvalue weighted by Crippen LogP contribution is 1.95. The lowest BCUT2D eigenvalue weighted by molar-refractivity contribution is 0.0796. The second-order valence-corrected chi connectivity index (χ2v) is 6.65. The summed E-state index contributed by atoms with van der Waals surface area (Å²) in [5, 5.41) is 0. The lowest BCUT2D eigenvalue weighted by Crippen LogP contribution is -2.16. The first-order chi connectivity index (χ1) is 8.83. The van der Waals surface area contributed by atoms with Crippen molar-refractivity contribution in [1.29, 1.82) is 0 Å². The highest BCUT2D eigenvalue weighted by molar-refractivity contribution is 7.87. The van der Waals surface area contributed by atoms with Crippen LogP contribution in [-0.2, 0) is 33.3 Å². The van der Waals surface area contributed by atoms with Gasteiger partial charge >= 0.3 is 0 Å². The second-order valence-electron chi connectivity index (χ2n) is 3.28. The van der Waals surface area contributed by atoms with Crippen LogP contribution in [0.5, 0.6) is 0 Å². The molecule has 0 N–H and O–H groups in total. The fraction of sp³-hybridized carbons (Fsp3) is 0.600. The fourth-order valence-electron chi connectivity index (χ4n) is 0.927. The van der Waals surface area contributed by atoms with Gasteiger partial charge in [0.25, 0.3) is 20.2 Å². The molecule has 0 aliphatic rings. The first kappa shape index (κ1) is 18.3. The van der Waals surface area contributed by atoms with Crippen molar-refractivity contribution in [2.45, 2.75) is 0 Å². The number of hydrogen-bond acceptors (Lipinski definition) is 7. The minimum atomic E-state index is -3.59. The van der Waals surface area contributed by atoms with E-state index in [1.165, 1.54) is 12.2 Å². The Balaban J connectivity index is 3.62. The van der Waals surface area contributed by atoms with E-state index in [0.29, 0.717) is 0 Å². The van der Waals surface area contributed by atoms with Gasteiger partial charge in [0.15, 0.2) is 0 Å². The van der Waals surface area contributed by atoms with Crippen LogP contribution >= 0.6 is 0 Å². The second kappa shape index (κ2) is 9.21. The zero-order chi connectivity index (χ0) is 14.8. The smallest absolute Gasteiger partial charge is 0.270 e. The minimum absolute atomic E-state index is 0.0151. The summed E-state index contributed by atoms with van der Waals surface area (Å²) in [7, 11) is -7.18. The van der Waals surface area contributed by atoms with E-state index in [1.807, 2.05) is 0 Å². The van der Waals surface area contributed by atoms with Crippen LogP contribution in [0.1, 0.15) is 0 Å². The Hall–Kier alpha value is -0.740. The standard InChI is InChI=1S/C10H18O7S2/c1-3-9-18(11,12)16-7-5-15-6-8-17-19(13,14)10-4-2/h3-4H,1-2,5-10H2. The minimum Gasteiger partial charge on any atom is -0.377 e. The molecule has 0 aliphatic carbocycles. The summed E-state index contributed by atoms with van der Waals surface area (Å²) in [5.74, 6) is -0.536. The average molecular weight is 314 g/mol. The predicted molar refractivity (Wildman–Crippen MR) is 70.7 cm³/mol. The molecule has 0 aliphatic heterocycles. The van der Waals surface area contributed by atoms with Gasteiger partial charge in [0.1, 0.15) is 0 Å². The van der Waals surface area contributed by atoms with Gasteiger partial charge in [-0.1, -0.05) is 12.2 Å². The van der Waals surface area contributed by atoms with Crippen molar-refractivity contribution >= 4 is 20.2 Å². The molecule has 0 amide bonds. The first-order valence-electron chi connectivity index (χ1n) is 5.37. The van der Waals surface area contributed by atoms with Crippen LogP contribution in [0.2, 0.25) is 0 Å². The van der Waals surface area contributed by atoms with Crippen LogP contribution in [0.15, 0.2) is 25.3 Å². The van der Waals surface area contributed by atoms with Crippen LogP contribution in [0.4, 0.5) is 0 Å². The van der Waals surface area contributed by atoms with Crippen molar-refractivity contribution in [2.24, 2.45) is 0 Å². The molecule has 0 bridgehead atoms. The van der Waals surface area contributed by atoms with E-state index < -0.39 is 20.2 Å². The topological polar surface area (TPSA) is 96.0 Å². The van der Waals surface area contributed by atoms with Gasteiger partial charge in [-0.25, -0.2) is 0 Å². The summed E-state index contributed by atoms with van der Waals surface area (Å²) >= 11 is 0. The molecule has 0 saturated carbocycles. The zero-order valence-electron chi connectivity index (χ0n) is 10.5. The predicted octanol–water partition coefficient (Wildman–Crippen LogP) is 0.0678. The van der Waals surface area contributed by atoms with Gasteiger partial charge in [-0.05, 0) is 0 Å². The summed E-state index contributed by atoms with van der Waals surface area (Å²) < 4.78 is 58.3. The maximum absolute atomic E-state index is 11.1. The largest absolute Gasteiger partial charge is 0.377 e. The summed E-state index contributed by atoms with van der Waals surface area (Å²) in [6, 6.07) is 0. The molecular weight excluding hydrogens is 296 g/mol. The monoisotopic (exact) mass is 314 g/mol. The van der Waals surface area contributed by atoms with Gasteiger partial charge < -0.3 is 4.74 Å². The third-order valence-electron chi connectivity index (χ3n) is 1.63. The van der Waals surface area contributed by atoms with Gasteiger partial charge in [0.2, 0.25) is 0 Å². The van der Waals surface area contributed by atoms with E-state index in [1.54, 1.807) is 0 Å². The molecule has 0 spiro atoms. The SMILES string of the molecule is C=CCS(=O)(=O)OCCOCCOS(=O)(=O)CC=C. The molecule has 0 fully saturated rings. The number of rotatable bonds is 12. The van der Waals surface area contributed by atoms with Gasteiger partial charge in [-0.2, -0.15) is 16.8 Å². The maximum atomic E-state index is 11.1. The summed E-state index contributed by atoms with van der Waals surface area (Å²) in [6.45, 7) is 6.31. The molecule has 0 saturated heterocycles. The third-order valence-corrected chi connectivity index (χ3v) is 3.96. The van der Waals surface area contributed by atoms with E-state index in [0.717, 1.165) is 0 Å². The van der Waals surface area contributed by atoms with Crippen LogP contribution < -0.4 is 0 Å². The fourth-order valence-corrected chi connectivity index (χ4v) is 2.34.